The number of hydrogen-bond acceptors (Lipinski definition) is 5. The minimum atomic E-state index is -0.201. The maximum Gasteiger partial charge on any atom is 0.255 e. The van der Waals surface area contributed by atoms with E-state index in [2.05, 4.69) is 10.2 Å². The number of carbonyl (C=O) groups excluding carboxylic acids is 1. The van der Waals surface area contributed by atoms with Crippen molar-refractivity contribution in [3.05, 3.63) is 42.0 Å². The van der Waals surface area contributed by atoms with Crippen LogP contribution in [-0.4, -0.2) is 32.9 Å². The topological polar surface area (TPSA) is 60.0 Å². The average molecular weight is 312 g/mol. The monoisotopic (exact) mass is 312 g/mol. The summed E-state index contributed by atoms with van der Waals surface area (Å²) in [5.41, 5.74) is 2.24. The van der Waals surface area contributed by atoms with Crippen LogP contribution in [0.1, 0.15) is 10.4 Å². The second-order valence-electron chi connectivity index (χ2n) is 5.47. The summed E-state index contributed by atoms with van der Waals surface area (Å²) in [6.07, 6.45) is 0. The lowest BCUT2D eigenvalue weighted by atomic mass is 10.1. The molecule has 0 spiro atoms. The Morgan fingerprint density at radius 2 is 1.91 bits per heavy atom. The lowest BCUT2D eigenvalue weighted by molar-refractivity contribution is 0.102. The quantitative estimate of drug-likeness (QED) is 0.923. The standard InChI is InChI=1S/C17H16N2O4/c1-19-6-7-21-15-9-12(3-4-13(15)19)18-17(20)11-2-5-14-16(8-11)23-10-22-14/h2-5,8-9H,6-7,10H2,1H3,(H,18,20). The van der Waals surface area contributed by atoms with Crippen LogP contribution in [0, 0.1) is 0 Å². The molecule has 1 amide bonds. The number of fused-ring (bicyclic) bond motifs is 2. The van der Waals surface area contributed by atoms with E-state index in [1.165, 1.54) is 0 Å². The Balaban J connectivity index is 1.55. The number of nitrogens with zero attached hydrogens (tertiary/aromatic N) is 1. The van der Waals surface area contributed by atoms with Crippen LogP contribution < -0.4 is 24.4 Å². The van der Waals surface area contributed by atoms with E-state index in [1.807, 2.05) is 25.2 Å². The van der Waals surface area contributed by atoms with Crippen molar-refractivity contribution in [2.24, 2.45) is 0 Å². The number of amides is 1. The van der Waals surface area contributed by atoms with Crippen LogP contribution in [0.5, 0.6) is 17.2 Å². The van der Waals surface area contributed by atoms with Crippen LogP contribution in [-0.2, 0) is 0 Å². The number of nitrogens with one attached hydrogen (secondary N) is 1. The van der Waals surface area contributed by atoms with Crippen LogP contribution in [0.25, 0.3) is 0 Å². The minimum Gasteiger partial charge on any atom is -0.489 e. The predicted octanol–water partition coefficient (Wildman–Crippen LogP) is 2.50. The lowest BCUT2D eigenvalue weighted by Crippen LogP contribution is -2.28. The van der Waals surface area contributed by atoms with Gasteiger partial charge in [-0.15, -0.1) is 0 Å². The molecule has 6 nitrogen and oxygen atoms in total. The zero-order valence-electron chi connectivity index (χ0n) is 12.7. The largest absolute Gasteiger partial charge is 0.489 e. The van der Waals surface area contributed by atoms with E-state index in [0.717, 1.165) is 18.0 Å². The molecule has 1 N–H and O–H groups in total. The van der Waals surface area contributed by atoms with Gasteiger partial charge in [0.25, 0.3) is 5.91 Å². The van der Waals surface area contributed by atoms with E-state index in [-0.39, 0.29) is 12.7 Å². The first-order chi connectivity index (χ1) is 11.2. The molecule has 2 aromatic rings. The van der Waals surface area contributed by atoms with Gasteiger partial charge in [-0.25, -0.2) is 0 Å². The van der Waals surface area contributed by atoms with Crippen LogP contribution in [0.3, 0.4) is 0 Å². The SMILES string of the molecule is CN1CCOc2cc(NC(=O)c3ccc4c(c3)OCO4)ccc21. The van der Waals surface area contributed by atoms with Crippen LogP contribution in [0.4, 0.5) is 11.4 Å². The number of rotatable bonds is 2. The summed E-state index contributed by atoms with van der Waals surface area (Å²) in [6.45, 7) is 1.69. The van der Waals surface area contributed by atoms with Gasteiger partial charge in [0.15, 0.2) is 11.5 Å². The summed E-state index contributed by atoms with van der Waals surface area (Å²) >= 11 is 0. The minimum absolute atomic E-state index is 0.191. The van der Waals surface area contributed by atoms with Gasteiger partial charge in [-0.3, -0.25) is 4.79 Å². The van der Waals surface area contributed by atoms with Gasteiger partial charge in [0.1, 0.15) is 12.4 Å². The molecule has 0 atom stereocenters. The summed E-state index contributed by atoms with van der Waals surface area (Å²) < 4.78 is 16.2. The smallest absolute Gasteiger partial charge is 0.255 e. The predicted molar refractivity (Wildman–Crippen MR) is 85.7 cm³/mol. The summed E-state index contributed by atoms with van der Waals surface area (Å²) in [7, 11) is 2.02. The summed E-state index contributed by atoms with van der Waals surface area (Å²) in [5.74, 6) is 1.83. The molecule has 2 aliphatic heterocycles. The molecule has 0 saturated heterocycles. The molecule has 0 bridgehead atoms. The lowest BCUT2D eigenvalue weighted by Gasteiger charge is -2.27. The van der Waals surface area contributed by atoms with E-state index in [1.54, 1.807) is 18.2 Å². The van der Waals surface area contributed by atoms with Gasteiger partial charge in [-0.2, -0.15) is 0 Å². The molecule has 23 heavy (non-hydrogen) atoms. The molecule has 0 saturated carbocycles. The number of carbonyl (C=O) groups is 1. The van der Waals surface area contributed by atoms with Crippen LogP contribution in [0.2, 0.25) is 0 Å². The van der Waals surface area contributed by atoms with E-state index >= 15 is 0 Å². The first-order valence-corrected chi connectivity index (χ1v) is 7.40. The Kier molecular flexibility index (Phi) is 3.22. The van der Waals surface area contributed by atoms with Gasteiger partial charge in [0.2, 0.25) is 6.79 Å². The number of ether oxygens (including phenoxy) is 3. The van der Waals surface area contributed by atoms with Crippen molar-refractivity contribution < 1.29 is 19.0 Å². The van der Waals surface area contributed by atoms with E-state index in [4.69, 9.17) is 14.2 Å². The first-order valence-electron chi connectivity index (χ1n) is 7.40. The normalized spacial score (nSPS) is 14.9. The summed E-state index contributed by atoms with van der Waals surface area (Å²) in [5, 5.41) is 2.88. The van der Waals surface area contributed by atoms with Crippen molar-refractivity contribution in [3.63, 3.8) is 0 Å². The highest BCUT2D eigenvalue weighted by molar-refractivity contribution is 6.05. The van der Waals surface area contributed by atoms with Gasteiger partial charge in [-0.1, -0.05) is 0 Å². The highest BCUT2D eigenvalue weighted by Gasteiger charge is 2.18. The van der Waals surface area contributed by atoms with Crippen molar-refractivity contribution in [2.75, 3.05) is 37.2 Å². The zero-order valence-corrected chi connectivity index (χ0v) is 12.7. The molecule has 0 aliphatic carbocycles. The fourth-order valence-corrected chi connectivity index (χ4v) is 2.68. The van der Waals surface area contributed by atoms with Crippen molar-refractivity contribution >= 4 is 17.3 Å². The third-order valence-electron chi connectivity index (χ3n) is 3.95. The van der Waals surface area contributed by atoms with Crippen LogP contribution in [0.15, 0.2) is 36.4 Å². The number of anilines is 2. The van der Waals surface area contributed by atoms with Gasteiger partial charge in [0, 0.05) is 24.4 Å². The molecule has 118 valence electrons. The number of likely N-dealkylation sites (N-methyl/N-ethyl adjacent to an activating group) is 1. The number of benzene rings is 2. The molecule has 0 aromatic heterocycles. The van der Waals surface area contributed by atoms with Gasteiger partial charge in [0.05, 0.1) is 12.2 Å². The van der Waals surface area contributed by atoms with E-state index < -0.39 is 0 Å². The second kappa shape index (κ2) is 5.39. The Morgan fingerprint density at radius 1 is 1.04 bits per heavy atom. The molecule has 2 heterocycles. The van der Waals surface area contributed by atoms with E-state index in [0.29, 0.717) is 29.4 Å². The first kappa shape index (κ1) is 13.8. The number of hydrogen-bond donors (Lipinski definition) is 1. The Hall–Kier alpha value is -2.89. The van der Waals surface area contributed by atoms with Crippen LogP contribution >= 0.6 is 0 Å². The molecule has 4 rings (SSSR count). The Morgan fingerprint density at radius 3 is 2.83 bits per heavy atom. The van der Waals surface area contributed by atoms with Crippen molar-refractivity contribution in [1.82, 2.24) is 0 Å². The van der Waals surface area contributed by atoms with Crippen molar-refractivity contribution in [3.8, 4) is 17.2 Å². The van der Waals surface area contributed by atoms with E-state index in [9.17, 15) is 4.79 Å². The Labute approximate surface area is 133 Å². The molecule has 2 aromatic carbocycles. The second-order valence-corrected chi connectivity index (χ2v) is 5.47. The third-order valence-corrected chi connectivity index (χ3v) is 3.95. The molecule has 0 unspecified atom stereocenters. The molecule has 2 aliphatic rings. The molecular weight excluding hydrogens is 296 g/mol. The zero-order chi connectivity index (χ0) is 15.8. The highest BCUT2D eigenvalue weighted by atomic mass is 16.7. The highest BCUT2D eigenvalue weighted by Crippen LogP contribution is 2.34. The maximum absolute atomic E-state index is 12.4. The Bertz CT molecular complexity index is 775. The maximum atomic E-state index is 12.4. The molecular formula is C17H16N2O4. The average Bonchev–Trinajstić information content (AvgIpc) is 3.02. The van der Waals surface area contributed by atoms with Gasteiger partial charge in [-0.05, 0) is 30.3 Å². The fraction of sp³-hybridized carbons (Fsp3) is 0.235. The third kappa shape index (κ3) is 2.52. The van der Waals surface area contributed by atoms with Gasteiger partial charge < -0.3 is 24.4 Å². The van der Waals surface area contributed by atoms with Gasteiger partial charge >= 0.3 is 0 Å². The molecule has 0 radical (unpaired) electrons. The molecule has 6 heteroatoms. The van der Waals surface area contributed by atoms with Crippen molar-refractivity contribution in [2.45, 2.75) is 0 Å². The van der Waals surface area contributed by atoms with Crippen molar-refractivity contribution in [1.29, 1.82) is 0 Å². The molecule has 0 fully saturated rings. The summed E-state index contributed by atoms with van der Waals surface area (Å²) in [6, 6.07) is 10.8. The summed E-state index contributed by atoms with van der Waals surface area (Å²) in [4.78, 5) is 14.5. The fourth-order valence-electron chi connectivity index (χ4n) is 2.68.